The van der Waals surface area contributed by atoms with Crippen LogP contribution in [0.3, 0.4) is 0 Å². The van der Waals surface area contributed by atoms with Gasteiger partial charge in [0.05, 0.1) is 5.56 Å². The molecule has 0 fully saturated rings. The molecule has 1 amide bonds. The van der Waals surface area contributed by atoms with Gasteiger partial charge in [-0.2, -0.15) is 0 Å². The summed E-state index contributed by atoms with van der Waals surface area (Å²) < 4.78 is 0. The Morgan fingerprint density at radius 2 is 1.81 bits per heavy atom. The van der Waals surface area contributed by atoms with Crippen molar-refractivity contribution in [2.45, 2.75) is 20.8 Å². The van der Waals surface area contributed by atoms with Gasteiger partial charge in [0.25, 0.3) is 5.91 Å². The molecule has 0 saturated heterocycles. The Morgan fingerprint density at radius 1 is 1.10 bits per heavy atom. The summed E-state index contributed by atoms with van der Waals surface area (Å²) in [5.74, 6) is 0.0679. The minimum Gasteiger partial charge on any atom is -0.508 e. The van der Waals surface area contributed by atoms with E-state index in [0.717, 1.165) is 23.4 Å². The molecule has 4 heteroatoms. The number of phenolic OH excluding ortho intramolecular Hbond substituents is 1. The van der Waals surface area contributed by atoms with Crippen LogP contribution in [-0.2, 0) is 0 Å². The van der Waals surface area contributed by atoms with E-state index in [1.807, 2.05) is 32.0 Å². The number of para-hydroxylation sites is 1. The molecular weight excluding hydrogens is 264 g/mol. The van der Waals surface area contributed by atoms with Crippen LogP contribution in [0.5, 0.6) is 5.75 Å². The minimum absolute atomic E-state index is 0.167. The van der Waals surface area contributed by atoms with Crippen LogP contribution in [0.15, 0.2) is 36.4 Å². The van der Waals surface area contributed by atoms with Crippen molar-refractivity contribution in [2.75, 3.05) is 17.2 Å². The Morgan fingerprint density at radius 3 is 2.52 bits per heavy atom. The van der Waals surface area contributed by atoms with Gasteiger partial charge in [-0.25, -0.2) is 0 Å². The van der Waals surface area contributed by atoms with Gasteiger partial charge in [-0.3, -0.25) is 4.79 Å². The van der Waals surface area contributed by atoms with Crippen LogP contribution in [0.1, 0.15) is 28.4 Å². The maximum absolute atomic E-state index is 12.4. The first-order valence-electron chi connectivity index (χ1n) is 6.97. The third kappa shape index (κ3) is 3.34. The van der Waals surface area contributed by atoms with Crippen molar-refractivity contribution in [3.05, 3.63) is 53.1 Å². The Labute approximate surface area is 124 Å². The van der Waals surface area contributed by atoms with Crippen LogP contribution in [0.2, 0.25) is 0 Å². The van der Waals surface area contributed by atoms with Gasteiger partial charge in [0.2, 0.25) is 0 Å². The molecule has 0 aliphatic rings. The van der Waals surface area contributed by atoms with Crippen molar-refractivity contribution >= 4 is 17.3 Å². The van der Waals surface area contributed by atoms with Crippen LogP contribution >= 0.6 is 0 Å². The van der Waals surface area contributed by atoms with Crippen LogP contribution < -0.4 is 10.6 Å². The normalized spacial score (nSPS) is 10.2. The Hall–Kier alpha value is -2.49. The highest BCUT2D eigenvalue weighted by molar-refractivity contribution is 6.08. The topological polar surface area (TPSA) is 61.4 Å². The number of carbonyl (C=O) groups is 1. The van der Waals surface area contributed by atoms with Gasteiger partial charge in [0.15, 0.2) is 0 Å². The standard InChI is InChI=1S/C17H20N2O2/c1-4-18-14-8-6-5-7-13(14)17(21)19-15-9-12(3)16(20)10-11(15)2/h5-10,18,20H,4H2,1-3H3,(H,19,21). The first kappa shape index (κ1) is 14.9. The number of benzene rings is 2. The van der Waals surface area contributed by atoms with Crippen molar-refractivity contribution < 1.29 is 9.90 Å². The summed E-state index contributed by atoms with van der Waals surface area (Å²) in [7, 11) is 0. The molecule has 0 aromatic heterocycles. The Balaban J connectivity index is 2.28. The summed E-state index contributed by atoms with van der Waals surface area (Å²) in [4.78, 5) is 12.4. The third-order valence-electron chi connectivity index (χ3n) is 3.33. The van der Waals surface area contributed by atoms with Gasteiger partial charge < -0.3 is 15.7 Å². The number of carbonyl (C=O) groups excluding carboxylic acids is 1. The molecule has 0 spiro atoms. The molecule has 110 valence electrons. The lowest BCUT2D eigenvalue weighted by Crippen LogP contribution is -2.15. The second-order valence-corrected chi connectivity index (χ2v) is 4.98. The molecular formula is C17H20N2O2. The van der Waals surface area contributed by atoms with E-state index in [1.54, 1.807) is 25.1 Å². The van der Waals surface area contributed by atoms with Crippen LogP contribution in [0.25, 0.3) is 0 Å². The fourth-order valence-electron chi connectivity index (χ4n) is 2.15. The minimum atomic E-state index is -0.167. The van der Waals surface area contributed by atoms with Crippen molar-refractivity contribution in [2.24, 2.45) is 0 Å². The molecule has 2 rings (SSSR count). The van der Waals surface area contributed by atoms with E-state index < -0.39 is 0 Å². The fraction of sp³-hybridized carbons (Fsp3) is 0.235. The summed E-state index contributed by atoms with van der Waals surface area (Å²) in [6.07, 6.45) is 0. The predicted octanol–water partition coefficient (Wildman–Crippen LogP) is 3.69. The number of rotatable bonds is 4. The smallest absolute Gasteiger partial charge is 0.257 e. The lowest BCUT2D eigenvalue weighted by Gasteiger charge is -2.13. The van der Waals surface area contributed by atoms with Crippen LogP contribution in [0.4, 0.5) is 11.4 Å². The molecule has 3 N–H and O–H groups in total. The number of anilines is 2. The van der Waals surface area contributed by atoms with E-state index in [1.165, 1.54) is 0 Å². The molecule has 4 nitrogen and oxygen atoms in total. The number of aromatic hydroxyl groups is 1. The largest absolute Gasteiger partial charge is 0.508 e. The molecule has 2 aromatic rings. The van der Waals surface area contributed by atoms with Gasteiger partial charge in [-0.15, -0.1) is 0 Å². The van der Waals surface area contributed by atoms with E-state index in [0.29, 0.717) is 11.3 Å². The number of aryl methyl sites for hydroxylation is 2. The summed E-state index contributed by atoms with van der Waals surface area (Å²) in [5.41, 5.74) is 3.68. The molecule has 0 bridgehead atoms. The first-order chi connectivity index (χ1) is 10.0. The van der Waals surface area contributed by atoms with E-state index in [2.05, 4.69) is 10.6 Å². The molecule has 0 radical (unpaired) electrons. The van der Waals surface area contributed by atoms with Gasteiger partial charge in [-0.1, -0.05) is 12.1 Å². The predicted molar refractivity (Wildman–Crippen MR) is 86.1 cm³/mol. The second-order valence-electron chi connectivity index (χ2n) is 4.98. The first-order valence-corrected chi connectivity index (χ1v) is 6.97. The van der Waals surface area contributed by atoms with E-state index in [4.69, 9.17) is 0 Å². The van der Waals surface area contributed by atoms with Gasteiger partial charge in [0.1, 0.15) is 5.75 Å². The molecule has 0 unspecified atom stereocenters. The summed E-state index contributed by atoms with van der Waals surface area (Å²) in [6, 6.07) is 10.8. The average molecular weight is 284 g/mol. The second kappa shape index (κ2) is 6.31. The number of amides is 1. The van der Waals surface area contributed by atoms with E-state index >= 15 is 0 Å². The summed E-state index contributed by atoms with van der Waals surface area (Å²) >= 11 is 0. The lowest BCUT2D eigenvalue weighted by atomic mass is 10.1. The van der Waals surface area contributed by atoms with Gasteiger partial charge in [0, 0.05) is 17.9 Å². The van der Waals surface area contributed by atoms with Crippen molar-refractivity contribution in [3.8, 4) is 5.75 Å². The number of phenols is 1. The van der Waals surface area contributed by atoms with Crippen LogP contribution in [0, 0.1) is 13.8 Å². The zero-order valence-corrected chi connectivity index (χ0v) is 12.5. The molecule has 0 atom stereocenters. The number of nitrogens with one attached hydrogen (secondary N) is 2. The highest BCUT2D eigenvalue weighted by Gasteiger charge is 2.12. The molecule has 0 saturated carbocycles. The fourth-order valence-corrected chi connectivity index (χ4v) is 2.15. The quantitative estimate of drug-likeness (QED) is 0.750. The number of hydrogen-bond donors (Lipinski definition) is 3. The Bertz CT molecular complexity index is 666. The zero-order chi connectivity index (χ0) is 15.4. The van der Waals surface area contributed by atoms with Crippen molar-refractivity contribution in [1.82, 2.24) is 0 Å². The number of hydrogen-bond acceptors (Lipinski definition) is 3. The molecule has 0 heterocycles. The highest BCUT2D eigenvalue weighted by Crippen LogP contribution is 2.26. The molecule has 2 aromatic carbocycles. The SMILES string of the molecule is CCNc1ccccc1C(=O)Nc1cc(C)c(O)cc1C. The summed E-state index contributed by atoms with van der Waals surface area (Å²) in [5, 5.41) is 15.7. The maximum Gasteiger partial charge on any atom is 0.257 e. The van der Waals surface area contributed by atoms with Gasteiger partial charge in [-0.05, 0) is 56.2 Å². The monoisotopic (exact) mass is 284 g/mol. The lowest BCUT2D eigenvalue weighted by molar-refractivity contribution is 0.102. The summed E-state index contributed by atoms with van der Waals surface area (Å²) in [6.45, 7) is 6.39. The van der Waals surface area contributed by atoms with Crippen molar-refractivity contribution in [3.63, 3.8) is 0 Å². The Kier molecular flexibility index (Phi) is 4.48. The maximum atomic E-state index is 12.4. The van der Waals surface area contributed by atoms with Gasteiger partial charge >= 0.3 is 0 Å². The van der Waals surface area contributed by atoms with Crippen molar-refractivity contribution in [1.29, 1.82) is 0 Å². The molecule has 21 heavy (non-hydrogen) atoms. The molecule has 0 aliphatic heterocycles. The third-order valence-corrected chi connectivity index (χ3v) is 3.33. The van der Waals surface area contributed by atoms with E-state index in [-0.39, 0.29) is 11.7 Å². The van der Waals surface area contributed by atoms with Crippen LogP contribution in [-0.4, -0.2) is 17.6 Å². The zero-order valence-electron chi connectivity index (χ0n) is 12.5. The molecule has 0 aliphatic carbocycles. The highest BCUT2D eigenvalue weighted by atomic mass is 16.3. The van der Waals surface area contributed by atoms with E-state index in [9.17, 15) is 9.90 Å². The average Bonchev–Trinajstić information content (AvgIpc) is 2.45.